The molecule has 2 amide bonds. The number of rotatable bonds is 5. The molecule has 0 aliphatic rings. The molecule has 2 N–H and O–H groups in total. The van der Waals surface area contributed by atoms with Crippen molar-refractivity contribution in [3.63, 3.8) is 0 Å². The lowest BCUT2D eigenvalue weighted by molar-refractivity contribution is 0.0993. The number of fused-ring (bicyclic) bond motifs is 1. The summed E-state index contributed by atoms with van der Waals surface area (Å²) in [5.41, 5.74) is 3.58. The number of hydrogen-bond donors (Lipinski definition) is 2. The smallest absolute Gasteiger partial charge is 0.291 e. The maximum atomic E-state index is 12.8. The fraction of sp³-hybridized carbons (Fsp3) is 0.0400. The Morgan fingerprint density at radius 3 is 2.58 bits per heavy atom. The van der Waals surface area contributed by atoms with Gasteiger partial charge >= 0.3 is 0 Å². The molecule has 0 bridgehead atoms. The number of carbonyl (C=O) groups excluding carboxylic acids is 2. The molecule has 0 aliphatic heterocycles. The lowest BCUT2D eigenvalue weighted by atomic mass is 10.1. The first-order valence-corrected chi connectivity index (χ1v) is 11.0. The van der Waals surface area contributed by atoms with Crippen molar-refractivity contribution in [3.8, 4) is 10.6 Å². The van der Waals surface area contributed by atoms with Crippen LogP contribution in [0.15, 0.2) is 83.6 Å². The first-order chi connectivity index (χ1) is 16.1. The molecule has 0 aliphatic carbocycles. The van der Waals surface area contributed by atoms with E-state index in [1.165, 1.54) is 6.26 Å². The van der Waals surface area contributed by atoms with Crippen LogP contribution in [0.2, 0.25) is 0 Å². The molecule has 0 atom stereocenters. The van der Waals surface area contributed by atoms with Gasteiger partial charge in [-0.25, -0.2) is 9.97 Å². The highest BCUT2D eigenvalue weighted by Crippen LogP contribution is 2.30. The number of furan rings is 1. The van der Waals surface area contributed by atoms with E-state index in [0.717, 1.165) is 26.4 Å². The quantitative estimate of drug-likeness (QED) is 0.352. The van der Waals surface area contributed by atoms with Crippen LogP contribution in [0.25, 0.3) is 20.8 Å². The summed E-state index contributed by atoms with van der Waals surface area (Å²) in [6.45, 7) is 1.85. The Kier molecular flexibility index (Phi) is 5.42. The molecule has 0 spiro atoms. The number of pyridine rings is 1. The zero-order valence-corrected chi connectivity index (χ0v) is 18.3. The lowest BCUT2D eigenvalue weighted by Gasteiger charge is -2.10. The van der Waals surface area contributed by atoms with Gasteiger partial charge < -0.3 is 15.1 Å². The van der Waals surface area contributed by atoms with Crippen LogP contribution < -0.4 is 10.6 Å². The van der Waals surface area contributed by atoms with Crippen molar-refractivity contribution in [1.82, 2.24) is 9.97 Å². The van der Waals surface area contributed by atoms with E-state index in [1.807, 2.05) is 37.3 Å². The van der Waals surface area contributed by atoms with Gasteiger partial charge in [0.2, 0.25) is 0 Å². The molecule has 0 saturated heterocycles. The van der Waals surface area contributed by atoms with Crippen LogP contribution in [0.5, 0.6) is 0 Å². The highest BCUT2D eigenvalue weighted by atomic mass is 32.1. The number of para-hydroxylation sites is 1. The van der Waals surface area contributed by atoms with Gasteiger partial charge in [-0.15, -0.1) is 11.3 Å². The third kappa shape index (κ3) is 4.37. The van der Waals surface area contributed by atoms with Crippen molar-refractivity contribution >= 4 is 44.9 Å². The van der Waals surface area contributed by atoms with Crippen molar-refractivity contribution in [2.24, 2.45) is 0 Å². The fourth-order valence-electron chi connectivity index (χ4n) is 3.27. The Morgan fingerprint density at radius 1 is 0.939 bits per heavy atom. The normalized spacial score (nSPS) is 10.8. The molecule has 7 nitrogen and oxygen atoms in total. The number of carbonyl (C=O) groups is 2. The zero-order valence-electron chi connectivity index (χ0n) is 17.5. The predicted molar refractivity (Wildman–Crippen MR) is 129 cm³/mol. The lowest BCUT2D eigenvalue weighted by Crippen LogP contribution is -2.15. The van der Waals surface area contributed by atoms with Gasteiger partial charge in [0.05, 0.1) is 16.5 Å². The van der Waals surface area contributed by atoms with Crippen LogP contribution in [-0.2, 0) is 0 Å². The Morgan fingerprint density at radius 2 is 1.82 bits per heavy atom. The van der Waals surface area contributed by atoms with E-state index in [4.69, 9.17) is 4.42 Å². The van der Waals surface area contributed by atoms with E-state index < -0.39 is 0 Å². The molecule has 5 rings (SSSR count). The summed E-state index contributed by atoms with van der Waals surface area (Å²) in [6.07, 6.45) is 3.12. The second-order valence-electron chi connectivity index (χ2n) is 7.33. The summed E-state index contributed by atoms with van der Waals surface area (Å²) >= 11 is 1.59. The van der Waals surface area contributed by atoms with Gasteiger partial charge in [0.15, 0.2) is 5.76 Å². The van der Waals surface area contributed by atoms with Crippen LogP contribution in [-0.4, -0.2) is 21.8 Å². The number of aryl methyl sites for hydroxylation is 1. The summed E-state index contributed by atoms with van der Waals surface area (Å²) in [4.78, 5) is 34.1. The molecule has 2 aromatic carbocycles. The monoisotopic (exact) mass is 454 g/mol. The van der Waals surface area contributed by atoms with Crippen molar-refractivity contribution < 1.29 is 14.0 Å². The summed E-state index contributed by atoms with van der Waals surface area (Å²) in [5, 5.41) is 6.44. The third-order valence-electron chi connectivity index (χ3n) is 5.04. The second kappa shape index (κ2) is 8.68. The van der Waals surface area contributed by atoms with Gasteiger partial charge in [-0.3, -0.25) is 9.59 Å². The number of nitrogens with one attached hydrogen (secondary N) is 2. The number of amides is 2. The number of benzene rings is 2. The number of anilines is 2. The topological polar surface area (TPSA) is 97.1 Å². The molecule has 3 aromatic heterocycles. The summed E-state index contributed by atoms with van der Waals surface area (Å²) in [6, 6.07) is 19.9. The first-order valence-electron chi connectivity index (χ1n) is 10.2. The average molecular weight is 455 g/mol. The van der Waals surface area contributed by atoms with Gasteiger partial charge in [0.25, 0.3) is 11.8 Å². The van der Waals surface area contributed by atoms with Gasteiger partial charge in [0, 0.05) is 23.0 Å². The van der Waals surface area contributed by atoms with E-state index in [2.05, 4.69) is 20.6 Å². The van der Waals surface area contributed by atoms with Crippen molar-refractivity contribution in [3.05, 3.63) is 96.1 Å². The van der Waals surface area contributed by atoms with Gasteiger partial charge in [0.1, 0.15) is 10.8 Å². The van der Waals surface area contributed by atoms with E-state index in [1.54, 1.807) is 53.9 Å². The van der Waals surface area contributed by atoms with Crippen LogP contribution in [0.4, 0.5) is 11.5 Å². The third-order valence-corrected chi connectivity index (χ3v) is 6.12. The molecular formula is C25H18N4O3S. The fourth-order valence-corrected chi connectivity index (χ4v) is 4.22. The molecule has 0 saturated carbocycles. The van der Waals surface area contributed by atoms with Gasteiger partial charge in [-0.05, 0) is 61.0 Å². The molecule has 0 fully saturated rings. The molecule has 8 heteroatoms. The Hall–Kier alpha value is -4.30. The number of thiazole rings is 1. The maximum Gasteiger partial charge on any atom is 0.291 e. The average Bonchev–Trinajstić information content (AvgIpc) is 3.51. The minimum atomic E-state index is -0.382. The number of hydrogen-bond acceptors (Lipinski definition) is 6. The predicted octanol–water partition coefficient (Wildman–Crippen LogP) is 5.76. The molecule has 162 valence electrons. The maximum absolute atomic E-state index is 12.8. The highest BCUT2D eigenvalue weighted by molar-refractivity contribution is 7.21. The second-order valence-corrected chi connectivity index (χ2v) is 8.36. The minimum Gasteiger partial charge on any atom is -0.459 e. The summed E-state index contributed by atoms with van der Waals surface area (Å²) in [7, 11) is 0. The first kappa shape index (κ1) is 20.6. The molecule has 0 unspecified atom stereocenters. The minimum absolute atomic E-state index is 0.196. The Bertz CT molecular complexity index is 1420. The Balaban J connectivity index is 1.30. The van der Waals surface area contributed by atoms with E-state index in [-0.39, 0.29) is 17.6 Å². The van der Waals surface area contributed by atoms with Crippen molar-refractivity contribution in [2.45, 2.75) is 6.92 Å². The molecule has 0 radical (unpaired) electrons. The van der Waals surface area contributed by atoms with E-state index in [0.29, 0.717) is 17.1 Å². The largest absolute Gasteiger partial charge is 0.459 e. The zero-order chi connectivity index (χ0) is 22.8. The molecule has 33 heavy (non-hydrogen) atoms. The van der Waals surface area contributed by atoms with Crippen molar-refractivity contribution in [2.75, 3.05) is 10.6 Å². The SMILES string of the molecule is Cc1ccc(C(=O)Nc2ccc(-c3nc4ccccc4s3)cn2)cc1NC(=O)c1ccco1. The van der Waals surface area contributed by atoms with E-state index in [9.17, 15) is 9.59 Å². The summed E-state index contributed by atoms with van der Waals surface area (Å²) in [5.74, 6) is -0.0928. The number of aromatic nitrogens is 2. The van der Waals surface area contributed by atoms with Crippen LogP contribution >= 0.6 is 11.3 Å². The highest BCUT2D eigenvalue weighted by Gasteiger charge is 2.14. The standard InChI is InChI=1S/C25H18N4O3S/c1-15-8-9-16(13-19(15)27-24(31)20-6-4-12-32-20)23(30)29-22-11-10-17(14-26-22)25-28-18-5-2-3-7-21(18)33-25/h2-14H,1H3,(H,27,31)(H,26,29,30). The van der Waals surface area contributed by atoms with Crippen molar-refractivity contribution in [1.29, 1.82) is 0 Å². The van der Waals surface area contributed by atoms with Crippen LogP contribution in [0, 0.1) is 6.92 Å². The van der Waals surface area contributed by atoms with Crippen LogP contribution in [0.1, 0.15) is 26.5 Å². The number of nitrogens with zero attached hydrogens (tertiary/aromatic N) is 2. The molecule has 5 aromatic rings. The van der Waals surface area contributed by atoms with Gasteiger partial charge in [-0.2, -0.15) is 0 Å². The van der Waals surface area contributed by atoms with Crippen LogP contribution in [0.3, 0.4) is 0 Å². The molecular weight excluding hydrogens is 436 g/mol. The molecule has 3 heterocycles. The van der Waals surface area contributed by atoms with Gasteiger partial charge in [-0.1, -0.05) is 18.2 Å². The van der Waals surface area contributed by atoms with E-state index >= 15 is 0 Å². The summed E-state index contributed by atoms with van der Waals surface area (Å²) < 4.78 is 6.23. The Labute approximate surface area is 193 Å².